The molecule has 3 N–H and O–H groups in total. The molecule has 0 saturated heterocycles. The number of nitrogens with zero attached hydrogens (tertiary/aromatic N) is 1. The highest BCUT2D eigenvalue weighted by atomic mass is 127. The number of rotatable bonds is 4. The Balaban J connectivity index is 2.11. The number of aryl methyl sites for hydroxylation is 1. The normalized spacial score (nSPS) is 10.3. The van der Waals surface area contributed by atoms with Gasteiger partial charge in [-0.3, -0.25) is 4.98 Å². The molecule has 94 valence electrons. The van der Waals surface area contributed by atoms with Crippen LogP contribution in [0.25, 0.3) is 0 Å². The molecule has 0 radical (unpaired) electrons. The quantitative estimate of drug-likeness (QED) is 0.654. The number of nitrogen functional groups attached to an aromatic ring is 1. The number of benzene rings is 1. The maximum absolute atomic E-state index is 5.97. The van der Waals surface area contributed by atoms with Crippen molar-refractivity contribution in [3.8, 4) is 0 Å². The summed E-state index contributed by atoms with van der Waals surface area (Å²) >= 11 is 2.25. The van der Waals surface area contributed by atoms with Crippen molar-refractivity contribution in [3.63, 3.8) is 0 Å². The van der Waals surface area contributed by atoms with E-state index >= 15 is 0 Å². The average Bonchev–Trinajstić information content (AvgIpc) is 2.38. The van der Waals surface area contributed by atoms with Crippen LogP contribution in [-0.2, 0) is 13.0 Å². The van der Waals surface area contributed by atoms with Crippen molar-refractivity contribution >= 4 is 34.0 Å². The zero-order valence-corrected chi connectivity index (χ0v) is 12.4. The lowest BCUT2D eigenvalue weighted by molar-refractivity contribution is 0.972. The van der Waals surface area contributed by atoms with Gasteiger partial charge in [-0.05, 0) is 58.8 Å². The fourth-order valence-corrected chi connectivity index (χ4v) is 2.34. The van der Waals surface area contributed by atoms with Crippen molar-refractivity contribution in [1.29, 1.82) is 0 Å². The number of nitrogens with one attached hydrogen (secondary N) is 1. The first-order chi connectivity index (χ1) is 8.70. The van der Waals surface area contributed by atoms with Gasteiger partial charge in [-0.25, -0.2) is 0 Å². The molecule has 0 spiro atoms. The Morgan fingerprint density at radius 1 is 1.33 bits per heavy atom. The summed E-state index contributed by atoms with van der Waals surface area (Å²) < 4.78 is 1.14. The molecule has 1 aromatic carbocycles. The summed E-state index contributed by atoms with van der Waals surface area (Å²) in [5.41, 5.74) is 10.1. The van der Waals surface area contributed by atoms with Crippen LogP contribution < -0.4 is 11.1 Å². The third kappa shape index (κ3) is 3.13. The topological polar surface area (TPSA) is 50.9 Å². The first-order valence-electron chi connectivity index (χ1n) is 5.92. The van der Waals surface area contributed by atoms with Crippen molar-refractivity contribution in [2.24, 2.45) is 0 Å². The number of anilines is 2. The summed E-state index contributed by atoms with van der Waals surface area (Å²) in [6, 6.07) is 10.1. The first kappa shape index (κ1) is 13.1. The number of aromatic nitrogens is 1. The first-order valence-corrected chi connectivity index (χ1v) is 7.00. The van der Waals surface area contributed by atoms with E-state index in [-0.39, 0.29) is 0 Å². The van der Waals surface area contributed by atoms with Crippen LogP contribution in [0, 0.1) is 3.57 Å². The number of halogens is 1. The smallest absolute Gasteiger partial charge is 0.0626 e. The summed E-state index contributed by atoms with van der Waals surface area (Å²) in [4.78, 5) is 4.41. The molecule has 18 heavy (non-hydrogen) atoms. The SMILES string of the molecule is CCc1cccnc1CNc1ccc(I)cc1N. The monoisotopic (exact) mass is 353 g/mol. The Kier molecular flexibility index (Phi) is 4.41. The molecule has 0 saturated carbocycles. The van der Waals surface area contributed by atoms with Gasteiger partial charge in [0.1, 0.15) is 0 Å². The second kappa shape index (κ2) is 6.04. The highest BCUT2D eigenvalue weighted by Crippen LogP contribution is 2.21. The molecule has 1 aromatic heterocycles. The highest BCUT2D eigenvalue weighted by Gasteiger charge is 2.03. The number of hydrogen-bond donors (Lipinski definition) is 2. The zero-order valence-electron chi connectivity index (χ0n) is 10.3. The fourth-order valence-electron chi connectivity index (χ4n) is 1.83. The van der Waals surface area contributed by atoms with Gasteiger partial charge < -0.3 is 11.1 Å². The summed E-state index contributed by atoms with van der Waals surface area (Å²) in [6.45, 7) is 2.84. The minimum atomic E-state index is 0.703. The molecule has 0 atom stereocenters. The Labute approximate surface area is 121 Å². The average molecular weight is 353 g/mol. The van der Waals surface area contributed by atoms with Gasteiger partial charge in [0.25, 0.3) is 0 Å². The third-order valence-electron chi connectivity index (χ3n) is 2.83. The summed E-state index contributed by atoms with van der Waals surface area (Å²) in [7, 11) is 0. The van der Waals surface area contributed by atoms with E-state index in [1.54, 1.807) is 0 Å². The van der Waals surface area contributed by atoms with Crippen LogP contribution in [0.4, 0.5) is 11.4 Å². The van der Waals surface area contributed by atoms with Crippen LogP contribution in [0.15, 0.2) is 36.5 Å². The van der Waals surface area contributed by atoms with Crippen molar-refractivity contribution in [2.75, 3.05) is 11.1 Å². The van der Waals surface area contributed by atoms with Gasteiger partial charge in [0.2, 0.25) is 0 Å². The Morgan fingerprint density at radius 2 is 2.17 bits per heavy atom. The zero-order chi connectivity index (χ0) is 13.0. The number of nitrogens with two attached hydrogens (primary N) is 1. The van der Waals surface area contributed by atoms with Gasteiger partial charge in [-0.2, -0.15) is 0 Å². The van der Waals surface area contributed by atoms with Gasteiger partial charge in [0, 0.05) is 9.77 Å². The summed E-state index contributed by atoms with van der Waals surface area (Å²) in [5, 5.41) is 3.34. The van der Waals surface area contributed by atoms with Gasteiger partial charge in [-0.1, -0.05) is 13.0 Å². The minimum absolute atomic E-state index is 0.703. The van der Waals surface area contributed by atoms with Crippen LogP contribution in [0.3, 0.4) is 0 Å². The maximum Gasteiger partial charge on any atom is 0.0626 e. The van der Waals surface area contributed by atoms with Crippen molar-refractivity contribution in [1.82, 2.24) is 4.98 Å². The second-order valence-electron chi connectivity index (χ2n) is 4.05. The fraction of sp³-hybridized carbons (Fsp3) is 0.214. The van der Waals surface area contributed by atoms with Crippen LogP contribution in [0.2, 0.25) is 0 Å². The minimum Gasteiger partial charge on any atom is -0.397 e. The largest absolute Gasteiger partial charge is 0.397 e. The van der Waals surface area contributed by atoms with Crippen LogP contribution in [0.1, 0.15) is 18.2 Å². The molecule has 0 amide bonds. The number of pyridine rings is 1. The Morgan fingerprint density at radius 3 is 2.89 bits per heavy atom. The van der Waals surface area contributed by atoms with Crippen LogP contribution in [0.5, 0.6) is 0 Å². The molecule has 0 fully saturated rings. The van der Waals surface area contributed by atoms with Crippen LogP contribution >= 0.6 is 22.6 Å². The summed E-state index contributed by atoms with van der Waals surface area (Å²) in [5.74, 6) is 0. The van der Waals surface area contributed by atoms with E-state index in [1.165, 1.54) is 5.56 Å². The molecule has 2 rings (SSSR count). The van der Waals surface area contributed by atoms with Gasteiger partial charge in [0.05, 0.1) is 23.6 Å². The molecule has 0 aliphatic rings. The van der Waals surface area contributed by atoms with E-state index in [4.69, 9.17) is 5.73 Å². The maximum atomic E-state index is 5.97. The predicted octanol–water partition coefficient (Wildman–Crippen LogP) is 3.44. The molecule has 4 heteroatoms. The lowest BCUT2D eigenvalue weighted by atomic mass is 10.1. The molecule has 0 aliphatic carbocycles. The molecule has 0 unspecified atom stereocenters. The van der Waals surface area contributed by atoms with Crippen molar-refractivity contribution in [2.45, 2.75) is 19.9 Å². The molecule has 2 aromatic rings. The molecular formula is C14H16IN3. The summed E-state index contributed by atoms with van der Waals surface area (Å²) in [6.07, 6.45) is 2.82. The second-order valence-corrected chi connectivity index (χ2v) is 5.29. The lowest BCUT2D eigenvalue weighted by Gasteiger charge is -2.11. The Hall–Kier alpha value is -1.30. The van der Waals surface area contributed by atoms with Crippen molar-refractivity contribution < 1.29 is 0 Å². The lowest BCUT2D eigenvalue weighted by Crippen LogP contribution is -2.06. The molecule has 0 bridgehead atoms. The van der Waals surface area contributed by atoms with Gasteiger partial charge >= 0.3 is 0 Å². The molecule has 3 nitrogen and oxygen atoms in total. The van der Waals surface area contributed by atoms with Crippen LogP contribution in [-0.4, -0.2) is 4.98 Å². The van der Waals surface area contributed by atoms with Gasteiger partial charge in [-0.15, -0.1) is 0 Å². The molecule has 0 aliphatic heterocycles. The van der Waals surface area contributed by atoms with E-state index in [0.717, 1.165) is 27.1 Å². The van der Waals surface area contributed by atoms with Crippen molar-refractivity contribution in [3.05, 3.63) is 51.4 Å². The van der Waals surface area contributed by atoms with E-state index in [1.807, 2.05) is 30.5 Å². The standard InChI is InChI=1S/C14H16IN3/c1-2-10-4-3-7-17-14(10)9-18-13-6-5-11(15)8-12(13)16/h3-8,18H,2,9,16H2,1H3. The number of hydrogen-bond acceptors (Lipinski definition) is 3. The van der Waals surface area contributed by atoms with E-state index in [2.05, 4.69) is 45.9 Å². The van der Waals surface area contributed by atoms with E-state index in [9.17, 15) is 0 Å². The third-order valence-corrected chi connectivity index (χ3v) is 3.50. The molecular weight excluding hydrogens is 337 g/mol. The van der Waals surface area contributed by atoms with Gasteiger partial charge in [0.15, 0.2) is 0 Å². The predicted molar refractivity (Wildman–Crippen MR) is 84.5 cm³/mol. The molecule has 1 heterocycles. The van der Waals surface area contributed by atoms with E-state index < -0.39 is 0 Å². The van der Waals surface area contributed by atoms with E-state index in [0.29, 0.717) is 6.54 Å². The highest BCUT2D eigenvalue weighted by molar-refractivity contribution is 14.1. The Bertz CT molecular complexity index is 540.